The van der Waals surface area contributed by atoms with Gasteiger partial charge in [-0.1, -0.05) is 19.4 Å². The first-order chi connectivity index (χ1) is 9.54. The topological polar surface area (TPSA) is 83.7 Å². The predicted octanol–water partition coefficient (Wildman–Crippen LogP) is 1.49. The second-order valence-electron chi connectivity index (χ2n) is 4.62. The second kappa shape index (κ2) is 5.73. The summed E-state index contributed by atoms with van der Waals surface area (Å²) >= 11 is 0. The first-order valence-corrected chi connectivity index (χ1v) is 6.54. The minimum Gasteiger partial charge on any atom is -0.480 e. The van der Waals surface area contributed by atoms with Crippen molar-refractivity contribution in [2.75, 3.05) is 0 Å². The highest BCUT2D eigenvalue weighted by Crippen LogP contribution is 2.14. The van der Waals surface area contributed by atoms with Crippen LogP contribution < -0.4 is 5.32 Å². The van der Waals surface area contributed by atoms with E-state index < -0.39 is 17.9 Å². The van der Waals surface area contributed by atoms with E-state index in [0.717, 1.165) is 6.42 Å². The molecule has 106 valence electrons. The Balaban J connectivity index is 2.42. The number of pyridine rings is 1. The number of aryl methyl sites for hydroxylation is 1. The van der Waals surface area contributed by atoms with Gasteiger partial charge >= 0.3 is 5.97 Å². The monoisotopic (exact) mass is 275 g/mol. The van der Waals surface area contributed by atoms with E-state index >= 15 is 0 Å². The molecule has 0 spiro atoms. The summed E-state index contributed by atoms with van der Waals surface area (Å²) in [5.41, 5.74) is 1.79. The molecule has 2 N–H and O–H groups in total. The Kier molecular flexibility index (Phi) is 4.02. The summed E-state index contributed by atoms with van der Waals surface area (Å²) in [6.45, 7) is 3.44. The van der Waals surface area contributed by atoms with Crippen LogP contribution in [0, 0.1) is 0 Å². The standard InChI is InChI=1S/C14H17N3O3/c1-3-6-10-12(13(18)15-9(2)14(19)20)17-8-5-4-7-11(17)16-10/h4-5,7-9H,3,6H2,1-2H3,(H,15,18)(H,19,20). The zero-order chi connectivity index (χ0) is 14.7. The van der Waals surface area contributed by atoms with Crippen LogP contribution in [0.1, 0.15) is 36.5 Å². The number of hydrogen-bond donors (Lipinski definition) is 2. The van der Waals surface area contributed by atoms with Crippen molar-refractivity contribution < 1.29 is 14.7 Å². The number of fused-ring (bicyclic) bond motifs is 1. The number of nitrogens with one attached hydrogen (secondary N) is 1. The van der Waals surface area contributed by atoms with Crippen molar-refractivity contribution in [3.8, 4) is 0 Å². The molecular weight excluding hydrogens is 258 g/mol. The molecule has 0 saturated carbocycles. The van der Waals surface area contributed by atoms with Crippen LogP contribution in [-0.4, -0.2) is 32.4 Å². The third-order valence-corrected chi connectivity index (χ3v) is 3.02. The van der Waals surface area contributed by atoms with Crippen molar-refractivity contribution >= 4 is 17.5 Å². The summed E-state index contributed by atoms with van der Waals surface area (Å²) in [7, 11) is 0. The predicted molar refractivity (Wildman–Crippen MR) is 73.8 cm³/mol. The summed E-state index contributed by atoms with van der Waals surface area (Å²) in [5, 5.41) is 11.4. The Hall–Kier alpha value is -2.37. The van der Waals surface area contributed by atoms with Crippen LogP contribution >= 0.6 is 0 Å². The Bertz CT molecular complexity index is 648. The third kappa shape index (κ3) is 2.64. The summed E-state index contributed by atoms with van der Waals surface area (Å²) in [6.07, 6.45) is 3.28. The van der Waals surface area contributed by atoms with Gasteiger partial charge in [0.25, 0.3) is 5.91 Å². The number of aromatic nitrogens is 2. The van der Waals surface area contributed by atoms with Gasteiger partial charge in [0.15, 0.2) is 0 Å². The molecule has 0 aliphatic rings. The average molecular weight is 275 g/mol. The second-order valence-corrected chi connectivity index (χ2v) is 4.62. The van der Waals surface area contributed by atoms with Crippen LogP contribution in [0.3, 0.4) is 0 Å². The fourth-order valence-electron chi connectivity index (χ4n) is 2.02. The average Bonchev–Trinajstić information content (AvgIpc) is 2.76. The summed E-state index contributed by atoms with van der Waals surface area (Å²) in [4.78, 5) is 27.6. The fourth-order valence-corrected chi connectivity index (χ4v) is 2.02. The van der Waals surface area contributed by atoms with E-state index in [9.17, 15) is 9.59 Å². The molecular formula is C14H17N3O3. The molecule has 2 heterocycles. The largest absolute Gasteiger partial charge is 0.480 e. The Morgan fingerprint density at radius 3 is 2.85 bits per heavy atom. The molecule has 1 amide bonds. The molecule has 2 aromatic heterocycles. The molecule has 2 aromatic rings. The van der Waals surface area contributed by atoms with Crippen molar-refractivity contribution in [3.63, 3.8) is 0 Å². The number of carbonyl (C=O) groups excluding carboxylic acids is 1. The van der Waals surface area contributed by atoms with Crippen LogP contribution in [0.5, 0.6) is 0 Å². The zero-order valence-electron chi connectivity index (χ0n) is 11.5. The van der Waals surface area contributed by atoms with Crippen molar-refractivity contribution in [1.29, 1.82) is 0 Å². The molecule has 0 aliphatic heterocycles. The molecule has 1 unspecified atom stereocenters. The zero-order valence-corrected chi connectivity index (χ0v) is 11.5. The molecule has 0 saturated heterocycles. The molecule has 6 nitrogen and oxygen atoms in total. The van der Waals surface area contributed by atoms with E-state index in [1.807, 2.05) is 25.1 Å². The highest BCUT2D eigenvalue weighted by atomic mass is 16.4. The number of carboxylic acids is 1. The van der Waals surface area contributed by atoms with E-state index in [2.05, 4.69) is 10.3 Å². The van der Waals surface area contributed by atoms with Gasteiger partial charge in [-0.15, -0.1) is 0 Å². The van der Waals surface area contributed by atoms with E-state index in [-0.39, 0.29) is 0 Å². The first kappa shape index (κ1) is 14.0. The van der Waals surface area contributed by atoms with Crippen molar-refractivity contribution in [3.05, 3.63) is 35.8 Å². The van der Waals surface area contributed by atoms with Gasteiger partial charge in [-0.05, 0) is 25.5 Å². The van der Waals surface area contributed by atoms with E-state index in [1.165, 1.54) is 6.92 Å². The number of imidazole rings is 1. The number of carboxylic acid groups (broad SMARTS) is 1. The molecule has 6 heteroatoms. The molecule has 0 radical (unpaired) electrons. The van der Waals surface area contributed by atoms with Gasteiger partial charge in [-0.3, -0.25) is 14.0 Å². The molecule has 20 heavy (non-hydrogen) atoms. The van der Waals surface area contributed by atoms with Gasteiger partial charge in [0, 0.05) is 6.20 Å². The van der Waals surface area contributed by atoms with E-state index in [4.69, 9.17) is 5.11 Å². The molecule has 2 rings (SSSR count). The van der Waals surface area contributed by atoms with Gasteiger partial charge in [0.1, 0.15) is 17.4 Å². The van der Waals surface area contributed by atoms with Gasteiger partial charge < -0.3 is 10.4 Å². The highest BCUT2D eigenvalue weighted by molar-refractivity contribution is 5.96. The molecule has 0 aromatic carbocycles. The summed E-state index contributed by atoms with van der Waals surface area (Å²) in [6, 6.07) is 4.53. The van der Waals surface area contributed by atoms with Gasteiger partial charge in [0.05, 0.1) is 5.69 Å². The van der Waals surface area contributed by atoms with Gasteiger partial charge in [0.2, 0.25) is 0 Å². The number of aliphatic carboxylic acids is 1. The fraction of sp³-hybridized carbons (Fsp3) is 0.357. The molecule has 0 fully saturated rings. The molecule has 1 atom stereocenters. The number of carbonyl (C=O) groups is 2. The number of hydrogen-bond acceptors (Lipinski definition) is 3. The maximum atomic E-state index is 12.3. The van der Waals surface area contributed by atoms with E-state index in [1.54, 1.807) is 10.6 Å². The number of amides is 1. The van der Waals surface area contributed by atoms with Crippen LogP contribution in [0.25, 0.3) is 5.65 Å². The molecule has 0 bridgehead atoms. The quantitative estimate of drug-likeness (QED) is 0.866. The lowest BCUT2D eigenvalue weighted by molar-refractivity contribution is -0.138. The van der Waals surface area contributed by atoms with Crippen LogP contribution in [-0.2, 0) is 11.2 Å². The van der Waals surface area contributed by atoms with Crippen molar-refractivity contribution in [1.82, 2.24) is 14.7 Å². The highest BCUT2D eigenvalue weighted by Gasteiger charge is 2.22. The summed E-state index contributed by atoms with van der Waals surface area (Å²) < 4.78 is 1.69. The molecule has 0 aliphatic carbocycles. The summed E-state index contributed by atoms with van der Waals surface area (Å²) in [5.74, 6) is -1.48. The van der Waals surface area contributed by atoms with Crippen LogP contribution in [0.4, 0.5) is 0 Å². The first-order valence-electron chi connectivity index (χ1n) is 6.54. The Labute approximate surface area is 116 Å². The minimum atomic E-state index is -1.07. The lowest BCUT2D eigenvalue weighted by Gasteiger charge is -2.10. The lowest BCUT2D eigenvalue weighted by atomic mass is 10.2. The Morgan fingerprint density at radius 2 is 2.20 bits per heavy atom. The van der Waals surface area contributed by atoms with Crippen LogP contribution in [0.15, 0.2) is 24.4 Å². The SMILES string of the molecule is CCCc1nc2ccccn2c1C(=O)NC(C)C(=O)O. The maximum Gasteiger partial charge on any atom is 0.325 e. The van der Waals surface area contributed by atoms with E-state index in [0.29, 0.717) is 23.5 Å². The normalized spacial score (nSPS) is 12.3. The number of rotatable bonds is 5. The van der Waals surface area contributed by atoms with Gasteiger partial charge in [-0.25, -0.2) is 4.98 Å². The Morgan fingerprint density at radius 1 is 1.45 bits per heavy atom. The van der Waals surface area contributed by atoms with Crippen molar-refractivity contribution in [2.24, 2.45) is 0 Å². The third-order valence-electron chi connectivity index (χ3n) is 3.02. The van der Waals surface area contributed by atoms with Crippen LogP contribution in [0.2, 0.25) is 0 Å². The number of nitrogens with zero attached hydrogens (tertiary/aromatic N) is 2. The lowest BCUT2D eigenvalue weighted by Crippen LogP contribution is -2.39. The maximum absolute atomic E-state index is 12.3. The van der Waals surface area contributed by atoms with Crippen molar-refractivity contribution in [2.45, 2.75) is 32.7 Å². The van der Waals surface area contributed by atoms with Gasteiger partial charge in [-0.2, -0.15) is 0 Å². The smallest absolute Gasteiger partial charge is 0.325 e. The minimum absolute atomic E-state index is 0.413.